The molecule has 2 fully saturated rings. The molecule has 2 aliphatic rings. The Hall–Kier alpha value is -2.55. The molecular weight excluding hydrogens is 385 g/mol. The van der Waals surface area contributed by atoms with Crippen LogP contribution in [-0.2, 0) is 13.5 Å². The van der Waals surface area contributed by atoms with Gasteiger partial charge in [0.15, 0.2) is 5.60 Å². The standard InChI is InChI=1S/C20H23F3N4O2/c1-13(9-15-10-16-14(11-24-15)3-7-26(16)2)25-17(28)27-8-6-19(29,20(21,22)23)12-18(27)4-5-18/h3,7,10-11,29H,1,4-6,8-9,12H2,2H3,(H,25,28). The molecule has 2 aromatic heterocycles. The molecule has 1 saturated carbocycles. The fraction of sp³-hybridized carbons (Fsp3) is 0.500. The molecule has 156 valence electrons. The van der Waals surface area contributed by atoms with Crippen LogP contribution >= 0.6 is 0 Å². The molecule has 0 radical (unpaired) electrons. The zero-order valence-electron chi connectivity index (χ0n) is 16.1. The largest absolute Gasteiger partial charge is 0.417 e. The van der Waals surface area contributed by atoms with E-state index in [1.54, 1.807) is 6.20 Å². The summed E-state index contributed by atoms with van der Waals surface area (Å²) in [6.45, 7) is 3.73. The first-order chi connectivity index (χ1) is 13.5. The van der Waals surface area contributed by atoms with Gasteiger partial charge in [0.05, 0.1) is 5.52 Å². The number of rotatable bonds is 3. The summed E-state index contributed by atoms with van der Waals surface area (Å²) in [6, 6.07) is 3.40. The van der Waals surface area contributed by atoms with E-state index < -0.39 is 36.2 Å². The number of amides is 2. The van der Waals surface area contributed by atoms with Crippen molar-refractivity contribution in [2.75, 3.05) is 6.54 Å². The minimum absolute atomic E-state index is 0.150. The zero-order valence-corrected chi connectivity index (χ0v) is 16.1. The van der Waals surface area contributed by atoms with Crippen molar-refractivity contribution in [1.29, 1.82) is 0 Å². The van der Waals surface area contributed by atoms with E-state index in [-0.39, 0.29) is 6.54 Å². The highest BCUT2D eigenvalue weighted by Gasteiger charge is 2.65. The van der Waals surface area contributed by atoms with Gasteiger partial charge in [0.25, 0.3) is 0 Å². The van der Waals surface area contributed by atoms with Gasteiger partial charge in [-0.3, -0.25) is 4.98 Å². The van der Waals surface area contributed by atoms with Crippen molar-refractivity contribution in [3.05, 3.63) is 42.5 Å². The van der Waals surface area contributed by atoms with Crippen LogP contribution in [0.15, 0.2) is 36.8 Å². The number of aromatic nitrogens is 2. The maximum atomic E-state index is 13.2. The van der Waals surface area contributed by atoms with Gasteiger partial charge in [0.1, 0.15) is 0 Å². The Morgan fingerprint density at radius 3 is 2.76 bits per heavy atom. The Morgan fingerprint density at radius 2 is 2.10 bits per heavy atom. The van der Waals surface area contributed by atoms with E-state index in [1.165, 1.54) is 4.90 Å². The molecule has 2 N–H and O–H groups in total. The van der Waals surface area contributed by atoms with Crippen LogP contribution in [0.25, 0.3) is 10.9 Å². The van der Waals surface area contributed by atoms with Crippen molar-refractivity contribution >= 4 is 16.9 Å². The molecule has 1 atom stereocenters. The number of allylic oxidation sites excluding steroid dienone is 1. The van der Waals surface area contributed by atoms with Gasteiger partial charge < -0.3 is 19.9 Å². The summed E-state index contributed by atoms with van der Waals surface area (Å²) in [7, 11) is 1.93. The molecular formula is C20H23F3N4O2. The van der Waals surface area contributed by atoms with Crippen LogP contribution in [0.4, 0.5) is 18.0 Å². The Bertz CT molecular complexity index is 980. The first kappa shape index (κ1) is 19.8. The van der Waals surface area contributed by atoms with E-state index in [9.17, 15) is 23.1 Å². The van der Waals surface area contributed by atoms with Crippen molar-refractivity contribution in [1.82, 2.24) is 19.8 Å². The van der Waals surface area contributed by atoms with E-state index in [4.69, 9.17) is 0 Å². The Morgan fingerprint density at radius 1 is 1.38 bits per heavy atom. The molecule has 2 amide bonds. The minimum atomic E-state index is -4.70. The van der Waals surface area contributed by atoms with Crippen LogP contribution in [0, 0.1) is 0 Å². The highest BCUT2D eigenvalue weighted by Crippen LogP contribution is 2.54. The predicted octanol–water partition coefficient (Wildman–Crippen LogP) is 3.26. The predicted molar refractivity (Wildman–Crippen MR) is 101 cm³/mol. The Labute approximate surface area is 166 Å². The number of hydrogen-bond donors (Lipinski definition) is 2. The normalized spacial score (nSPS) is 23.4. The van der Waals surface area contributed by atoms with Crippen LogP contribution < -0.4 is 5.32 Å². The minimum Gasteiger partial charge on any atom is -0.380 e. The number of pyridine rings is 1. The number of carbonyl (C=O) groups is 1. The molecule has 0 bridgehead atoms. The summed E-state index contributed by atoms with van der Waals surface area (Å²) in [5.74, 6) is 0. The lowest BCUT2D eigenvalue weighted by molar-refractivity contribution is -0.277. The van der Waals surface area contributed by atoms with Crippen molar-refractivity contribution in [2.45, 2.75) is 49.4 Å². The van der Waals surface area contributed by atoms with Gasteiger partial charge in [-0.05, 0) is 25.0 Å². The van der Waals surface area contributed by atoms with E-state index in [2.05, 4.69) is 16.9 Å². The van der Waals surface area contributed by atoms with E-state index in [1.807, 2.05) is 29.9 Å². The number of likely N-dealkylation sites (tertiary alicyclic amines) is 1. The third kappa shape index (κ3) is 3.48. The second kappa shape index (κ2) is 6.48. The first-order valence-corrected chi connectivity index (χ1v) is 9.49. The lowest BCUT2D eigenvalue weighted by Crippen LogP contribution is -2.61. The van der Waals surface area contributed by atoms with Crippen LogP contribution in [-0.4, -0.2) is 49.4 Å². The van der Waals surface area contributed by atoms with Crippen LogP contribution in [0.3, 0.4) is 0 Å². The first-order valence-electron chi connectivity index (χ1n) is 9.49. The zero-order chi connectivity index (χ0) is 21.0. The number of nitrogens with one attached hydrogen (secondary N) is 1. The third-order valence-corrected chi connectivity index (χ3v) is 6.05. The van der Waals surface area contributed by atoms with Crippen molar-refractivity contribution in [2.24, 2.45) is 7.05 Å². The molecule has 2 aromatic rings. The van der Waals surface area contributed by atoms with E-state index >= 15 is 0 Å². The van der Waals surface area contributed by atoms with Gasteiger partial charge in [-0.1, -0.05) is 6.58 Å². The second-order valence-corrected chi connectivity index (χ2v) is 8.20. The summed E-state index contributed by atoms with van der Waals surface area (Å²) in [6.07, 6.45) is -0.787. The lowest BCUT2D eigenvalue weighted by Gasteiger charge is -2.45. The highest BCUT2D eigenvalue weighted by atomic mass is 19.4. The molecule has 1 spiro atoms. The number of hydrogen-bond acceptors (Lipinski definition) is 3. The number of aliphatic hydroxyl groups is 1. The highest BCUT2D eigenvalue weighted by molar-refractivity contribution is 5.80. The average Bonchev–Trinajstić information content (AvgIpc) is 3.27. The van der Waals surface area contributed by atoms with Crippen LogP contribution in [0.5, 0.6) is 0 Å². The summed E-state index contributed by atoms with van der Waals surface area (Å²) >= 11 is 0. The van der Waals surface area contributed by atoms with Gasteiger partial charge in [-0.2, -0.15) is 13.2 Å². The summed E-state index contributed by atoms with van der Waals surface area (Å²) in [5, 5.41) is 13.7. The van der Waals surface area contributed by atoms with Gasteiger partial charge in [0, 0.05) is 67.6 Å². The fourth-order valence-electron chi connectivity index (χ4n) is 4.19. The van der Waals surface area contributed by atoms with Crippen molar-refractivity contribution in [3.8, 4) is 0 Å². The van der Waals surface area contributed by atoms with Crippen molar-refractivity contribution in [3.63, 3.8) is 0 Å². The molecule has 4 rings (SSSR count). The maximum Gasteiger partial charge on any atom is 0.417 e. The second-order valence-electron chi connectivity index (χ2n) is 8.20. The summed E-state index contributed by atoms with van der Waals surface area (Å²) < 4.78 is 41.6. The molecule has 3 heterocycles. The SMILES string of the molecule is C=C(Cc1cc2c(ccn2C)cn1)NC(=O)N1CCC(O)(C(F)(F)F)CC12CC2. The quantitative estimate of drug-likeness (QED) is 0.819. The lowest BCUT2D eigenvalue weighted by atomic mass is 9.84. The van der Waals surface area contributed by atoms with Gasteiger partial charge in [-0.15, -0.1) is 0 Å². The smallest absolute Gasteiger partial charge is 0.380 e. The molecule has 1 saturated heterocycles. The molecule has 1 unspecified atom stereocenters. The average molecular weight is 408 g/mol. The van der Waals surface area contributed by atoms with E-state index in [0.29, 0.717) is 25.0 Å². The van der Waals surface area contributed by atoms with Gasteiger partial charge in [-0.25, -0.2) is 4.79 Å². The maximum absolute atomic E-state index is 13.2. The van der Waals surface area contributed by atoms with Crippen LogP contribution in [0.1, 0.15) is 31.4 Å². The molecule has 0 aromatic carbocycles. The molecule has 9 heteroatoms. The number of aryl methyl sites for hydroxylation is 1. The number of piperidine rings is 1. The number of alkyl halides is 3. The molecule has 1 aliphatic carbocycles. The molecule has 6 nitrogen and oxygen atoms in total. The Balaban J connectivity index is 1.41. The third-order valence-electron chi connectivity index (χ3n) is 6.05. The number of carbonyl (C=O) groups excluding carboxylic acids is 1. The topological polar surface area (TPSA) is 70.4 Å². The fourth-order valence-corrected chi connectivity index (χ4v) is 4.19. The number of halogens is 3. The van der Waals surface area contributed by atoms with Gasteiger partial charge in [0.2, 0.25) is 0 Å². The number of nitrogens with zero attached hydrogens (tertiary/aromatic N) is 3. The van der Waals surface area contributed by atoms with E-state index in [0.717, 1.165) is 16.6 Å². The number of fused-ring (bicyclic) bond motifs is 1. The summed E-state index contributed by atoms with van der Waals surface area (Å²) in [5.41, 5.74) is -1.49. The Kier molecular flexibility index (Phi) is 4.41. The number of urea groups is 1. The molecule has 29 heavy (non-hydrogen) atoms. The summed E-state index contributed by atoms with van der Waals surface area (Å²) in [4.78, 5) is 18.5. The molecule has 1 aliphatic heterocycles. The van der Waals surface area contributed by atoms with Crippen molar-refractivity contribution < 1.29 is 23.1 Å². The van der Waals surface area contributed by atoms with Gasteiger partial charge >= 0.3 is 12.2 Å². The van der Waals surface area contributed by atoms with Crippen LogP contribution in [0.2, 0.25) is 0 Å². The monoisotopic (exact) mass is 408 g/mol.